The van der Waals surface area contributed by atoms with Crippen molar-refractivity contribution in [3.8, 4) is 0 Å². The van der Waals surface area contributed by atoms with E-state index >= 15 is 0 Å². The number of rotatable bonds is 11. The minimum Gasteiger partial charge on any atom is -0.382 e. The Morgan fingerprint density at radius 1 is 1.25 bits per heavy atom. The van der Waals surface area contributed by atoms with Gasteiger partial charge in [-0.2, -0.15) is 0 Å². The van der Waals surface area contributed by atoms with Gasteiger partial charge < -0.3 is 19.5 Å². The molecule has 1 N–H and O–H groups in total. The van der Waals surface area contributed by atoms with Crippen LogP contribution in [0.1, 0.15) is 26.7 Å². The van der Waals surface area contributed by atoms with Gasteiger partial charge in [0.2, 0.25) is 0 Å². The van der Waals surface area contributed by atoms with Crippen LogP contribution in [-0.2, 0) is 14.2 Å². The molecule has 0 bridgehead atoms. The minimum atomic E-state index is 0.337. The standard InChI is InChI=1S/C15H32N2O3/c1-14(2)17-7-9-20-15(13-17)12-16-6-4-5-8-19-11-10-18-3/h14-16H,4-13H2,1-3H3. The number of ether oxygens (including phenoxy) is 3. The average Bonchev–Trinajstić information content (AvgIpc) is 2.46. The number of nitrogens with zero attached hydrogens (tertiary/aromatic N) is 1. The van der Waals surface area contributed by atoms with Crippen LogP contribution in [0.2, 0.25) is 0 Å². The predicted molar refractivity (Wildman–Crippen MR) is 81.2 cm³/mol. The fraction of sp³-hybridized carbons (Fsp3) is 1.00. The molecule has 0 aromatic rings. The number of unbranched alkanes of at least 4 members (excludes halogenated alkanes) is 1. The summed E-state index contributed by atoms with van der Waals surface area (Å²) in [5, 5.41) is 3.48. The Morgan fingerprint density at radius 3 is 2.85 bits per heavy atom. The van der Waals surface area contributed by atoms with Crippen molar-refractivity contribution >= 4 is 0 Å². The molecular weight excluding hydrogens is 256 g/mol. The third kappa shape index (κ3) is 8.17. The summed E-state index contributed by atoms with van der Waals surface area (Å²) in [5.74, 6) is 0. The molecular formula is C15H32N2O3. The third-order valence-corrected chi connectivity index (χ3v) is 3.60. The van der Waals surface area contributed by atoms with Crippen LogP contribution in [0, 0.1) is 0 Å². The highest BCUT2D eigenvalue weighted by Gasteiger charge is 2.21. The van der Waals surface area contributed by atoms with E-state index in [2.05, 4.69) is 24.1 Å². The number of morpholine rings is 1. The van der Waals surface area contributed by atoms with Gasteiger partial charge in [-0.3, -0.25) is 4.90 Å². The van der Waals surface area contributed by atoms with Gasteiger partial charge in [0, 0.05) is 39.4 Å². The summed E-state index contributed by atoms with van der Waals surface area (Å²) in [6.45, 7) is 11.7. The molecule has 0 amide bonds. The van der Waals surface area contributed by atoms with Crippen LogP contribution in [0.25, 0.3) is 0 Å². The van der Waals surface area contributed by atoms with Gasteiger partial charge in [0.15, 0.2) is 0 Å². The third-order valence-electron chi connectivity index (χ3n) is 3.60. The molecule has 120 valence electrons. The van der Waals surface area contributed by atoms with Gasteiger partial charge in [0.25, 0.3) is 0 Å². The predicted octanol–water partition coefficient (Wildman–Crippen LogP) is 1.13. The molecule has 1 unspecified atom stereocenters. The molecule has 1 saturated heterocycles. The first-order chi connectivity index (χ1) is 9.74. The molecule has 5 nitrogen and oxygen atoms in total. The van der Waals surface area contributed by atoms with Crippen LogP contribution >= 0.6 is 0 Å². The molecule has 5 heteroatoms. The van der Waals surface area contributed by atoms with Crippen LogP contribution in [0.5, 0.6) is 0 Å². The van der Waals surface area contributed by atoms with Crippen molar-refractivity contribution in [2.24, 2.45) is 0 Å². The van der Waals surface area contributed by atoms with Crippen LogP contribution in [0.15, 0.2) is 0 Å². The summed E-state index contributed by atoms with van der Waals surface area (Å²) in [5.41, 5.74) is 0. The van der Waals surface area contributed by atoms with E-state index in [0.717, 1.165) is 52.2 Å². The molecule has 20 heavy (non-hydrogen) atoms. The Hall–Kier alpha value is -0.200. The molecule has 0 aromatic carbocycles. The first-order valence-corrected chi connectivity index (χ1v) is 7.87. The summed E-state index contributed by atoms with van der Waals surface area (Å²) in [4.78, 5) is 2.49. The summed E-state index contributed by atoms with van der Waals surface area (Å²) in [6.07, 6.45) is 2.58. The molecule has 1 aliphatic heterocycles. The molecule has 0 aliphatic carbocycles. The molecule has 1 aliphatic rings. The minimum absolute atomic E-state index is 0.337. The van der Waals surface area contributed by atoms with Gasteiger partial charge in [0.05, 0.1) is 25.9 Å². The Morgan fingerprint density at radius 2 is 2.10 bits per heavy atom. The molecule has 1 atom stereocenters. The first kappa shape index (κ1) is 17.9. The van der Waals surface area contributed by atoms with Gasteiger partial charge in [-0.1, -0.05) is 0 Å². The molecule has 0 saturated carbocycles. The second-order valence-corrected chi connectivity index (χ2v) is 5.60. The number of nitrogens with one attached hydrogen (secondary N) is 1. The van der Waals surface area contributed by atoms with Crippen molar-refractivity contribution in [3.05, 3.63) is 0 Å². The smallest absolute Gasteiger partial charge is 0.0826 e. The lowest BCUT2D eigenvalue weighted by molar-refractivity contribution is -0.0371. The van der Waals surface area contributed by atoms with Gasteiger partial charge in [-0.05, 0) is 33.2 Å². The Balaban J connectivity index is 1.91. The Labute approximate surface area is 123 Å². The second kappa shape index (κ2) is 11.5. The number of methoxy groups -OCH3 is 1. The van der Waals surface area contributed by atoms with Gasteiger partial charge in [-0.15, -0.1) is 0 Å². The lowest BCUT2D eigenvalue weighted by atomic mass is 10.2. The van der Waals surface area contributed by atoms with Crippen molar-refractivity contribution in [2.75, 3.05) is 59.7 Å². The molecule has 0 radical (unpaired) electrons. The van der Waals surface area contributed by atoms with E-state index in [1.165, 1.54) is 0 Å². The highest BCUT2D eigenvalue weighted by atomic mass is 16.5. The SMILES string of the molecule is COCCOCCCCNCC1CN(C(C)C)CCO1. The van der Waals surface area contributed by atoms with Gasteiger partial charge in [-0.25, -0.2) is 0 Å². The van der Waals surface area contributed by atoms with E-state index in [0.29, 0.717) is 25.4 Å². The number of hydrogen-bond donors (Lipinski definition) is 1. The lowest BCUT2D eigenvalue weighted by Gasteiger charge is -2.35. The molecule has 0 spiro atoms. The Kier molecular flexibility index (Phi) is 10.2. The zero-order valence-corrected chi connectivity index (χ0v) is 13.4. The normalized spacial score (nSPS) is 20.7. The monoisotopic (exact) mass is 288 g/mol. The average molecular weight is 288 g/mol. The lowest BCUT2D eigenvalue weighted by Crippen LogP contribution is -2.49. The van der Waals surface area contributed by atoms with E-state index in [4.69, 9.17) is 14.2 Å². The van der Waals surface area contributed by atoms with Crippen molar-refractivity contribution < 1.29 is 14.2 Å². The first-order valence-electron chi connectivity index (χ1n) is 7.87. The topological polar surface area (TPSA) is 43.0 Å². The maximum atomic E-state index is 5.79. The summed E-state index contributed by atoms with van der Waals surface area (Å²) >= 11 is 0. The van der Waals surface area contributed by atoms with E-state index < -0.39 is 0 Å². The van der Waals surface area contributed by atoms with Crippen LogP contribution < -0.4 is 5.32 Å². The number of hydrogen-bond acceptors (Lipinski definition) is 5. The zero-order valence-electron chi connectivity index (χ0n) is 13.4. The second-order valence-electron chi connectivity index (χ2n) is 5.60. The summed E-state index contributed by atoms with van der Waals surface area (Å²) in [6, 6.07) is 0.616. The van der Waals surface area contributed by atoms with E-state index in [1.807, 2.05) is 0 Å². The Bertz CT molecular complexity index is 227. The quantitative estimate of drug-likeness (QED) is 0.577. The van der Waals surface area contributed by atoms with Crippen molar-refractivity contribution in [1.82, 2.24) is 10.2 Å². The van der Waals surface area contributed by atoms with Gasteiger partial charge in [0.1, 0.15) is 0 Å². The van der Waals surface area contributed by atoms with E-state index in [1.54, 1.807) is 7.11 Å². The van der Waals surface area contributed by atoms with Crippen LogP contribution in [0.4, 0.5) is 0 Å². The fourth-order valence-electron chi connectivity index (χ4n) is 2.30. The highest BCUT2D eigenvalue weighted by Crippen LogP contribution is 2.07. The zero-order chi connectivity index (χ0) is 14.6. The van der Waals surface area contributed by atoms with Crippen molar-refractivity contribution in [1.29, 1.82) is 0 Å². The fourth-order valence-corrected chi connectivity index (χ4v) is 2.30. The van der Waals surface area contributed by atoms with E-state index in [9.17, 15) is 0 Å². The van der Waals surface area contributed by atoms with E-state index in [-0.39, 0.29) is 0 Å². The van der Waals surface area contributed by atoms with Crippen molar-refractivity contribution in [3.63, 3.8) is 0 Å². The molecule has 0 aromatic heterocycles. The summed E-state index contributed by atoms with van der Waals surface area (Å²) < 4.78 is 16.1. The molecule has 1 heterocycles. The highest BCUT2D eigenvalue weighted by molar-refractivity contribution is 4.75. The van der Waals surface area contributed by atoms with Crippen molar-refractivity contribution in [2.45, 2.75) is 38.8 Å². The van der Waals surface area contributed by atoms with Crippen LogP contribution in [0.3, 0.4) is 0 Å². The maximum absolute atomic E-state index is 5.79. The largest absolute Gasteiger partial charge is 0.382 e. The van der Waals surface area contributed by atoms with Gasteiger partial charge >= 0.3 is 0 Å². The molecule has 1 fully saturated rings. The summed E-state index contributed by atoms with van der Waals surface area (Å²) in [7, 11) is 1.70. The molecule has 1 rings (SSSR count). The van der Waals surface area contributed by atoms with Crippen LogP contribution in [-0.4, -0.2) is 76.8 Å². The maximum Gasteiger partial charge on any atom is 0.0826 e.